The maximum atomic E-state index is 12.9. The molecular formula is C21H22N4O4. The van der Waals surface area contributed by atoms with Gasteiger partial charge in [0, 0.05) is 24.4 Å². The molecular weight excluding hydrogens is 372 g/mol. The summed E-state index contributed by atoms with van der Waals surface area (Å²) in [5.41, 5.74) is 6.46. The van der Waals surface area contributed by atoms with Gasteiger partial charge in [-0.25, -0.2) is 4.98 Å². The normalized spacial score (nSPS) is 11.5. The number of hydrogen-bond acceptors (Lipinski definition) is 5. The van der Waals surface area contributed by atoms with Gasteiger partial charge in [-0.1, -0.05) is 30.3 Å². The zero-order chi connectivity index (χ0) is 20.6. The molecule has 4 N–H and O–H groups in total. The number of imidazole rings is 1. The predicted octanol–water partition coefficient (Wildman–Crippen LogP) is 2.00. The zero-order valence-electron chi connectivity index (χ0n) is 15.9. The summed E-state index contributed by atoms with van der Waals surface area (Å²) < 4.78 is 10.6. The summed E-state index contributed by atoms with van der Waals surface area (Å²) in [6.07, 6.45) is 3.93. The molecule has 1 atom stereocenters. The van der Waals surface area contributed by atoms with Crippen molar-refractivity contribution in [1.82, 2.24) is 15.3 Å². The summed E-state index contributed by atoms with van der Waals surface area (Å²) in [7, 11) is 1.46. The van der Waals surface area contributed by atoms with Gasteiger partial charge in [-0.2, -0.15) is 0 Å². The first-order chi connectivity index (χ1) is 14.1. The van der Waals surface area contributed by atoms with Crippen molar-refractivity contribution in [1.29, 1.82) is 0 Å². The summed E-state index contributed by atoms with van der Waals surface area (Å²) in [4.78, 5) is 31.1. The lowest BCUT2D eigenvalue weighted by Gasteiger charge is -2.19. The van der Waals surface area contributed by atoms with Crippen molar-refractivity contribution in [2.45, 2.75) is 12.5 Å². The fourth-order valence-corrected chi connectivity index (χ4v) is 2.86. The lowest BCUT2D eigenvalue weighted by Crippen LogP contribution is -2.30. The Kier molecular flexibility index (Phi) is 6.47. The van der Waals surface area contributed by atoms with Crippen LogP contribution in [0.3, 0.4) is 0 Å². The fourth-order valence-electron chi connectivity index (χ4n) is 2.86. The monoisotopic (exact) mass is 394 g/mol. The number of aromatic amines is 1. The zero-order valence-corrected chi connectivity index (χ0v) is 15.9. The van der Waals surface area contributed by atoms with Crippen molar-refractivity contribution >= 4 is 11.8 Å². The van der Waals surface area contributed by atoms with Gasteiger partial charge in [-0.15, -0.1) is 0 Å². The highest BCUT2D eigenvalue weighted by molar-refractivity contribution is 5.95. The summed E-state index contributed by atoms with van der Waals surface area (Å²) >= 11 is 0. The Labute approximate surface area is 168 Å². The molecule has 150 valence electrons. The third-order valence-corrected chi connectivity index (χ3v) is 4.26. The minimum atomic E-state index is -0.600. The smallest absolute Gasteiger partial charge is 0.255 e. The van der Waals surface area contributed by atoms with E-state index >= 15 is 0 Å². The van der Waals surface area contributed by atoms with E-state index in [-0.39, 0.29) is 18.6 Å². The van der Waals surface area contributed by atoms with Gasteiger partial charge in [0.15, 0.2) is 18.1 Å². The van der Waals surface area contributed by atoms with Gasteiger partial charge in [0.2, 0.25) is 0 Å². The van der Waals surface area contributed by atoms with Crippen molar-refractivity contribution in [2.24, 2.45) is 5.73 Å². The Bertz CT molecular complexity index is 958. The molecule has 0 bridgehead atoms. The van der Waals surface area contributed by atoms with Crippen LogP contribution in [-0.2, 0) is 11.2 Å². The number of benzene rings is 2. The number of nitrogens with two attached hydrogens (primary N) is 1. The molecule has 29 heavy (non-hydrogen) atoms. The van der Waals surface area contributed by atoms with E-state index in [4.69, 9.17) is 15.2 Å². The lowest BCUT2D eigenvalue weighted by atomic mass is 10.0. The number of ether oxygens (including phenoxy) is 2. The number of methoxy groups -OCH3 is 1. The first-order valence-electron chi connectivity index (χ1n) is 9.00. The molecule has 0 radical (unpaired) electrons. The fraction of sp³-hybridized carbons (Fsp3) is 0.190. The van der Waals surface area contributed by atoms with Gasteiger partial charge >= 0.3 is 0 Å². The molecule has 0 aliphatic rings. The average Bonchev–Trinajstić information content (AvgIpc) is 3.25. The van der Waals surface area contributed by atoms with E-state index in [0.717, 1.165) is 11.4 Å². The van der Waals surface area contributed by atoms with Crippen LogP contribution in [0.4, 0.5) is 0 Å². The van der Waals surface area contributed by atoms with Crippen LogP contribution in [0.5, 0.6) is 11.5 Å². The second kappa shape index (κ2) is 9.41. The van der Waals surface area contributed by atoms with Crippen molar-refractivity contribution in [2.75, 3.05) is 13.7 Å². The third-order valence-electron chi connectivity index (χ3n) is 4.26. The van der Waals surface area contributed by atoms with Gasteiger partial charge < -0.3 is 25.5 Å². The van der Waals surface area contributed by atoms with Crippen LogP contribution in [-0.4, -0.2) is 35.5 Å². The Morgan fingerprint density at radius 2 is 1.97 bits per heavy atom. The van der Waals surface area contributed by atoms with Crippen molar-refractivity contribution in [3.05, 3.63) is 77.9 Å². The first kappa shape index (κ1) is 19.9. The van der Waals surface area contributed by atoms with Crippen LogP contribution < -0.4 is 20.5 Å². The minimum Gasteiger partial charge on any atom is -0.493 e. The number of carbonyl (C=O) groups is 2. The highest BCUT2D eigenvalue weighted by atomic mass is 16.5. The SMILES string of the molecule is COc1cc(C(=O)N[C@@H](Cc2ncc[nH]2)c2ccccc2)ccc1OCC(N)=O. The van der Waals surface area contributed by atoms with E-state index in [2.05, 4.69) is 15.3 Å². The molecule has 0 aliphatic carbocycles. The maximum Gasteiger partial charge on any atom is 0.255 e. The number of aromatic nitrogens is 2. The number of amides is 2. The second-order valence-electron chi connectivity index (χ2n) is 6.30. The predicted molar refractivity (Wildman–Crippen MR) is 107 cm³/mol. The Balaban J connectivity index is 1.79. The molecule has 0 saturated heterocycles. The average molecular weight is 394 g/mol. The molecule has 0 fully saturated rings. The number of H-pyrrole nitrogens is 1. The standard InChI is InChI=1S/C21H22N4O4/c1-28-18-11-15(7-8-17(18)29-13-19(22)26)21(27)25-16(12-20-23-9-10-24-20)14-5-3-2-4-6-14/h2-11,16H,12-13H2,1H3,(H2,22,26)(H,23,24)(H,25,27)/t16-/m0/s1. The van der Waals surface area contributed by atoms with Crippen molar-refractivity contribution in [3.63, 3.8) is 0 Å². The molecule has 0 aliphatic heterocycles. The minimum absolute atomic E-state index is 0.272. The number of primary amides is 1. The summed E-state index contributed by atoms with van der Waals surface area (Å²) in [6, 6.07) is 14.1. The molecule has 8 heteroatoms. The van der Waals surface area contributed by atoms with Gasteiger partial charge in [0.1, 0.15) is 5.82 Å². The molecule has 3 rings (SSSR count). The largest absolute Gasteiger partial charge is 0.493 e. The summed E-state index contributed by atoms with van der Waals surface area (Å²) in [5, 5.41) is 3.04. The van der Waals surface area contributed by atoms with Crippen LogP contribution in [0.25, 0.3) is 0 Å². The number of hydrogen-bond donors (Lipinski definition) is 3. The van der Waals surface area contributed by atoms with Gasteiger partial charge in [0.25, 0.3) is 11.8 Å². The molecule has 3 aromatic rings. The Morgan fingerprint density at radius 3 is 2.62 bits per heavy atom. The Morgan fingerprint density at radius 1 is 1.17 bits per heavy atom. The van der Waals surface area contributed by atoms with Crippen LogP contribution in [0, 0.1) is 0 Å². The Hall–Kier alpha value is -3.81. The van der Waals surface area contributed by atoms with Gasteiger partial charge in [-0.05, 0) is 23.8 Å². The van der Waals surface area contributed by atoms with E-state index in [0.29, 0.717) is 23.5 Å². The number of carbonyl (C=O) groups excluding carboxylic acids is 2. The number of nitrogens with one attached hydrogen (secondary N) is 2. The lowest BCUT2D eigenvalue weighted by molar-refractivity contribution is -0.119. The molecule has 2 aromatic carbocycles. The quantitative estimate of drug-likeness (QED) is 0.513. The molecule has 8 nitrogen and oxygen atoms in total. The number of nitrogens with zero attached hydrogens (tertiary/aromatic N) is 1. The van der Waals surface area contributed by atoms with Gasteiger partial charge in [0.05, 0.1) is 13.2 Å². The summed E-state index contributed by atoms with van der Waals surface area (Å²) in [6.45, 7) is -0.277. The van der Waals surface area contributed by atoms with E-state index in [9.17, 15) is 9.59 Å². The highest BCUT2D eigenvalue weighted by Crippen LogP contribution is 2.28. The van der Waals surface area contributed by atoms with E-state index in [1.165, 1.54) is 7.11 Å². The van der Waals surface area contributed by atoms with Crippen LogP contribution in [0.15, 0.2) is 60.9 Å². The van der Waals surface area contributed by atoms with Crippen LogP contribution in [0.1, 0.15) is 27.8 Å². The van der Waals surface area contributed by atoms with E-state index in [1.807, 2.05) is 30.3 Å². The highest BCUT2D eigenvalue weighted by Gasteiger charge is 2.19. The van der Waals surface area contributed by atoms with Crippen molar-refractivity contribution in [3.8, 4) is 11.5 Å². The molecule has 1 heterocycles. The molecule has 0 spiro atoms. The first-order valence-corrected chi connectivity index (χ1v) is 9.00. The third kappa shape index (κ3) is 5.35. The molecule has 0 unspecified atom stereocenters. The van der Waals surface area contributed by atoms with Crippen molar-refractivity contribution < 1.29 is 19.1 Å². The van der Waals surface area contributed by atoms with Gasteiger partial charge in [-0.3, -0.25) is 9.59 Å². The molecule has 2 amide bonds. The van der Waals surface area contributed by atoms with Crippen LogP contribution >= 0.6 is 0 Å². The maximum absolute atomic E-state index is 12.9. The van der Waals surface area contributed by atoms with E-state index in [1.54, 1.807) is 30.6 Å². The molecule has 1 aromatic heterocycles. The van der Waals surface area contributed by atoms with Crippen LogP contribution in [0.2, 0.25) is 0 Å². The van der Waals surface area contributed by atoms with E-state index < -0.39 is 5.91 Å². The second-order valence-corrected chi connectivity index (χ2v) is 6.30. The molecule has 0 saturated carbocycles. The topological polar surface area (TPSA) is 119 Å². The number of rotatable bonds is 9. The summed E-state index contributed by atoms with van der Waals surface area (Å²) in [5.74, 6) is 0.564.